The van der Waals surface area contributed by atoms with Crippen molar-refractivity contribution in [1.29, 1.82) is 0 Å². The van der Waals surface area contributed by atoms with Gasteiger partial charge in [-0.15, -0.1) is 0 Å². The molecular weight excluding hydrogens is 456 g/mol. The summed E-state index contributed by atoms with van der Waals surface area (Å²) in [7, 11) is 3.90. The lowest BCUT2D eigenvalue weighted by atomic mass is 10.2. The first-order valence-corrected chi connectivity index (χ1v) is 12.3. The fourth-order valence-corrected chi connectivity index (χ4v) is 4.43. The zero-order chi connectivity index (χ0) is 25.8. The van der Waals surface area contributed by atoms with Crippen LogP contribution in [0, 0.1) is 0 Å². The molecule has 0 radical (unpaired) electrons. The molecule has 0 bridgehead atoms. The van der Waals surface area contributed by atoms with E-state index < -0.39 is 6.03 Å². The van der Waals surface area contributed by atoms with Gasteiger partial charge in [-0.2, -0.15) is 0 Å². The quantitative estimate of drug-likeness (QED) is 0.446. The van der Waals surface area contributed by atoms with E-state index in [9.17, 15) is 9.59 Å². The first-order valence-electron chi connectivity index (χ1n) is 12.3. The van der Waals surface area contributed by atoms with Gasteiger partial charge in [-0.05, 0) is 64.3 Å². The summed E-state index contributed by atoms with van der Waals surface area (Å²) in [6, 6.07) is 11.3. The van der Waals surface area contributed by atoms with Crippen LogP contribution in [0.1, 0.15) is 24.3 Å². The Balaban J connectivity index is 1.45. The van der Waals surface area contributed by atoms with Crippen LogP contribution in [0.2, 0.25) is 0 Å². The summed E-state index contributed by atoms with van der Waals surface area (Å²) in [6.07, 6.45) is 1.80. The Labute approximate surface area is 212 Å². The number of nitrogens with two attached hydrogens (primary N) is 1. The van der Waals surface area contributed by atoms with Crippen molar-refractivity contribution >= 4 is 40.0 Å². The van der Waals surface area contributed by atoms with Gasteiger partial charge in [-0.1, -0.05) is 0 Å². The van der Waals surface area contributed by atoms with Crippen LogP contribution in [-0.2, 0) is 0 Å². The number of nitrogens with zero attached hydrogens (tertiary/aromatic N) is 5. The molecule has 192 valence electrons. The number of piperazine rings is 1. The van der Waals surface area contributed by atoms with E-state index in [0.717, 1.165) is 22.4 Å². The topological polar surface area (TPSA) is 114 Å². The number of fused-ring (bicyclic) bond motifs is 1. The molecule has 0 aliphatic carbocycles. The number of carbonyl (C=O) groups is 2. The molecule has 36 heavy (non-hydrogen) atoms. The number of nitrogens with one attached hydrogen (secondary N) is 2. The van der Waals surface area contributed by atoms with Crippen molar-refractivity contribution < 1.29 is 9.59 Å². The molecule has 0 atom stereocenters. The van der Waals surface area contributed by atoms with Crippen molar-refractivity contribution in [3.63, 3.8) is 0 Å². The monoisotopic (exact) mass is 492 g/mol. The van der Waals surface area contributed by atoms with Crippen LogP contribution in [0.3, 0.4) is 0 Å². The summed E-state index contributed by atoms with van der Waals surface area (Å²) < 4.78 is 0. The second kappa shape index (κ2) is 10.9. The van der Waals surface area contributed by atoms with Gasteiger partial charge in [-0.25, -0.2) is 9.78 Å². The summed E-state index contributed by atoms with van der Waals surface area (Å²) in [5, 5.41) is 4.32. The second-order valence-corrected chi connectivity index (χ2v) is 9.70. The van der Waals surface area contributed by atoms with E-state index in [1.807, 2.05) is 60.3 Å². The minimum atomic E-state index is -0.499. The SMILES string of the molecule is CC(C)Nc1cccnc1N1CCN(C(=O)c2cc3cc(N(CCN(C)C)C(N)=O)ccc3[nH]2)CC1. The molecular formula is C26H36N8O2. The number of likely N-dealkylation sites (N-methyl/N-ethyl adjacent to an activating group) is 1. The van der Waals surface area contributed by atoms with Gasteiger partial charge in [0.25, 0.3) is 5.91 Å². The first-order chi connectivity index (χ1) is 17.2. The van der Waals surface area contributed by atoms with Gasteiger partial charge in [0.1, 0.15) is 5.69 Å². The number of pyridine rings is 1. The van der Waals surface area contributed by atoms with E-state index in [4.69, 9.17) is 5.73 Å². The number of carbonyl (C=O) groups excluding carboxylic acids is 2. The molecule has 3 aromatic rings. The number of hydrogen-bond donors (Lipinski definition) is 3. The van der Waals surface area contributed by atoms with E-state index in [0.29, 0.717) is 56.7 Å². The summed E-state index contributed by atoms with van der Waals surface area (Å²) in [4.78, 5) is 40.8. The van der Waals surface area contributed by atoms with E-state index in [-0.39, 0.29) is 5.91 Å². The molecule has 0 unspecified atom stereocenters. The van der Waals surface area contributed by atoms with E-state index in [1.165, 1.54) is 0 Å². The third kappa shape index (κ3) is 5.71. The Kier molecular flexibility index (Phi) is 7.64. The number of aromatic nitrogens is 2. The van der Waals surface area contributed by atoms with E-state index >= 15 is 0 Å². The van der Waals surface area contributed by atoms with Gasteiger partial charge in [-0.3, -0.25) is 9.69 Å². The Hall–Kier alpha value is -3.79. The van der Waals surface area contributed by atoms with Crippen molar-refractivity contribution in [2.24, 2.45) is 5.73 Å². The maximum Gasteiger partial charge on any atom is 0.319 e. The summed E-state index contributed by atoms with van der Waals surface area (Å²) in [6.45, 7) is 8.01. The maximum atomic E-state index is 13.3. The highest BCUT2D eigenvalue weighted by Gasteiger charge is 2.25. The zero-order valence-corrected chi connectivity index (χ0v) is 21.5. The molecule has 1 aromatic carbocycles. The van der Waals surface area contributed by atoms with Crippen molar-refractivity contribution in [1.82, 2.24) is 19.8 Å². The van der Waals surface area contributed by atoms with Crippen molar-refractivity contribution in [2.45, 2.75) is 19.9 Å². The Bertz CT molecular complexity index is 1210. The average molecular weight is 493 g/mol. The summed E-state index contributed by atoms with van der Waals surface area (Å²) in [5.74, 6) is 0.887. The largest absolute Gasteiger partial charge is 0.380 e. The predicted octanol–water partition coefficient (Wildman–Crippen LogP) is 2.79. The van der Waals surface area contributed by atoms with Crippen molar-refractivity contribution in [3.05, 3.63) is 48.3 Å². The van der Waals surface area contributed by atoms with Crippen molar-refractivity contribution in [2.75, 3.05) is 68.5 Å². The van der Waals surface area contributed by atoms with Crippen LogP contribution < -0.4 is 20.9 Å². The van der Waals surface area contributed by atoms with Crippen LogP contribution in [0.15, 0.2) is 42.6 Å². The summed E-state index contributed by atoms with van der Waals surface area (Å²) >= 11 is 0. The Morgan fingerprint density at radius 2 is 1.86 bits per heavy atom. The second-order valence-electron chi connectivity index (χ2n) is 9.70. The molecule has 1 fully saturated rings. The van der Waals surface area contributed by atoms with Crippen molar-refractivity contribution in [3.8, 4) is 0 Å². The van der Waals surface area contributed by atoms with Gasteiger partial charge in [0, 0.05) is 68.1 Å². The van der Waals surface area contributed by atoms with E-state index in [2.05, 4.69) is 34.0 Å². The maximum absolute atomic E-state index is 13.3. The van der Waals surface area contributed by atoms with Gasteiger partial charge >= 0.3 is 6.03 Å². The van der Waals surface area contributed by atoms with E-state index in [1.54, 1.807) is 11.1 Å². The molecule has 4 rings (SSSR count). The number of anilines is 3. The lowest BCUT2D eigenvalue weighted by molar-refractivity contribution is 0.0741. The van der Waals surface area contributed by atoms with Gasteiger partial charge in [0.15, 0.2) is 5.82 Å². The van der Waals surface area contributed by atoms with Crippen LogP contribution >= 0.6 is 0 Å². The number of benzene rings is 1. The van der Waals surface area contributed by atoms with Crippen LogP contribution in [0.4, 0.5) is 22.0 Å². The molecule has 1 saturated heterocycles. The highest BCUT2D eigenvalue weighted by Crippen LogP contribution is 2.26. The van der Waals surface area contributed by atoms with Crippen LogP contribution in [-0.4, -0.2) is 91.1 Å². The number of urea groups is 1. The third-order valence-electron chi connectivity index (χ3n) is 6.28. The average Bonchev–Trinajstić information content (AvgIpc) is 3.27. The van der Waals surface area contributed by atoms with Gasteiger partial charge < -0.3 is 30.7 Å². The fraction of sp³-hybridized carbons (Fsp3) is 0.423. The Morgan fingerprint density at radius 3 is 2.53 bits per heavy atom. The van der Waals surface area contributed by atoms with Crippen LogP contribution in [0.5, 0.6) is 0 Å². The molecule has 10 heteroatoms. The molecule has 0 spiro atoms. The number of primary amides is 1. The van der Waals surface area contributed by atoms with Gasteiger partial charge in [0.2, 0.25) is 0 Å². The molecule has 3 heterocycles. The molecule has 0 saturated carbocycles. The molecule has 1 aliphatic heterocycles. The molecule has 1 aliphatic rings. The zero-order valence-electron chi connectivity index (χ0n) is 21.5. The molecule has 10 nitrogen and oxygen atoms in total. The lowest BCUT2D eigenvalue weighted by Gasteiger charge is -2.36. The normalized spacial score (nSPS) is 14.1. The number of hydrogen-bond acceptors (Lipinski definition) is 6. The predicted molar refractivity (Wildman–Crippen MR) is 145 cm³/mol. The smallest absolute Gasteiger partial charge is 0.319 e. The molecule has 2 aromatic heterocycles. The standard InChI is InChI=1S/C26H36N8O2/c1-18(2)29-22-6-5-9-28-24(22)32-11-13-33(14-12-32)25(35)23-17-19-16-20(7-8-21(19)30-23)34(26(27)36)15-10-31(3)4/h5-9,16-18,29-30H,10-15H2,1-4H3,(H2,27,36). The number of H-pyrrole nitrogens is 1. The highest BCUT2D eigenvalue weighted by atomic mass is 16.2. The Morgan fingerprint density at radius 1 is 1.11 bits per heavy atom. The minimum absolute atomic E-state index is 0.0340. The number of aromatic amines is 1. The number of rotatable bonds is 8. The van der Waals surface area contributed by atoms with Crippen LogP contribution in [0.25, 0.3) is 10.9 Å². The lowest BCUT2D eigenvalue weighted by Crippen LogP contribution is -2.49. The number of amides is 3. The third-order valence-corrected chi connectivity index (χ3v) is 6.28. The molecule has 4 N–H and O–H groups in total. The van der Waals surface area contributed by atoms with Gasteiger partial charge in [0.05, 0.1) is 5.69 Å². The first kappa shape index (κ1) is 25.3. The fourth-order valence-electron chi connectivity index (χ4n) is 4.43. The minimum Gasteiger partial charge on any atom is -0.380 e. The summed E-state index contributed by atoms with van der Waals surface area (Å²) in [5.41, 5.74) is 8.72. The highest BCUT2D eigenvalue weighted by molar-refractivity contribution is 6.00. The molecule has 3 amide bonds.